The van der Waals surface area contributed by atoms with Crippen molar-refractivity contribution in [2.24, 2.45) is 5.10 Å². The molecule has 0 saturated carbocycles. The Hall–Kier alpha value is -3.15. The van der Waals surface area contributed by atoms with E-state index in [0.717, 1.165) is 6.20 Å². The number of amides is 1. The standard InChI is InChI=1S/C17H22FN5O3/c1-17(2,3)26-16(24)22-8-9-25-15-12(6-7-21-14(15)10-19)13(18)11-23(5)20-4/h6-7,11H,4,8-9H2,1-3,5H3,(H,22,24)/b13-11-. The number of rotatable bonds is 7. The van der Waals surface area contributed by atoms with Gasteiger partial charge in [-0.3, -0.25) is 5.01 Å². The van der Waals surface area contributed by atoms with Gasteiger partial charge in [0.25, 0.3) is 0 Å². The summed E-state index contributed by atoms with van der Waals surface area (Å²) in [5, 5.41) is 16.4. The molecule has 0 aromatic carbocycles. The van der Waals surface area contributed by atoms with Gasteiger partial charge in [-0.25, -0.2) is 14.2 Å². The summed E-state index contributed by atoms with van der Waals surface area (Å²) in [7, 11) is 1.50. The molecule has 1 amide bonds. The molecule has 0 bridgehead atoms. The van der Waals surface area contributed by atoms with Crippen molar-refractivity contribution in [2.45, 2.75) is 26.4 Å². The minimum absolute atomic E-state index is 0.00452. The number of ether oxygens (including phenoxy) is 2. The molecule has 8 nitrogen and oxygen atoms in total. The fourth-order valence-corrected chi connectivity index (χ4v) is 1.76. The van der Waals surface area contributed by atoms with Crippen LogP contribution in [-0.4, -0.2) is 48.6 Å². The van der Waals surface area contributed by atoms with Crippen molar-refractivity contribution in [3.63, 3.8) is 0 Å². The van der Waals surface area contributed by atoms with E-state index in [-0.39, 0.29) is 30.2 Å². The number of alkyl carbamates (subject to hydrolysis) is 1. The van der Waals surface area contributed by atoms with E-state index in [0.29, 0.717) is 0 Å². The topological polar surface area (TPSA) is 99.8 Å². The second-order valence-electron chi connectivity index (χ2n) is 6.12. The maximum atomic E-state index is 14.4. The predicted molar refractivity (Wildman–Crippen MR) is 95.1 cm³/mol. The number of pyridine rings is 1. The SMILES string of the molecule is C=NN(C)/C=C(\F)c1ccnc(C#N)c1OCCNC(=O)OC(C)(C)C. The van der Waals surface area contributed by atoms with Gasteiger partial charge in [0.1, 0.15) is 18.3 Å². The van der Waals surface area contributed by atoms with Crippen molar-refractivity contribution >= 4 is 18.6 Å². The van der Waals surface area contributed by atoms with Crippen LogP contribution >= 0.6 is 0 Å². The summed E-state index contributed by atoms with van der Waals surface area (Å²) >= 11 is 0. The van der Waals surface area contributed by atoms with Crippen LogP contribution in [0.3, 0.4) is 0 Å². The van der Waals surface area contributed by atoms with Gasteiger partial charge in [-0.2, -0.15) is 10.4 Å². The molecule has 0 atom stereocenters. The lowest BCUT2D eigenvalue weighted by Gasteiger charge is -2.19. The fraction of sp³-hybridized carbons (Fsp3) is 0.412. The maximum absolute atomic E-state index is 14.4. The molecule has 26 heavy (non-hydrogen) atoms. The van der Waals surface area contributed by atoms with E-state index in [2.05, 4.69) is 22.1 Å². The van der Waals surface area contributed by atoms with Crippen LogP contribution in [0.1, 0.15) is 32.0 Å². The van der Waals surface area contributed by atoms with E-state index in [9.17, 15) is 9.18 Å². The molecule has 9 heteroatoms. The summed E-state index contributed by atoms with van der Waals surface area (Å²) in [5.41, 5.74) is -0.643. The highest BCUT2D eigenvalue weighted by Gasteiger charge is 2.17. The van der Waals surface area contributed by atoms with Crippen LogP contribution in [0.25, 0.3) is 5.83 Å². The zero-order valence-corrected chi connectivity index (χ0v) is 15.2. The molecule has 140 valence electrons. The minimum atomic E-state index is -0.672. The molecule has 1 N–H and O–H groups in total. The average molecular weight is 363 g/mol. The lowest BCUT2D eigenvalue weighted by Crippen LogP contribution is -2.34. The first-order chi connectivity index (χ1) is 12.2. The van der Waals surface area contributed by atoms with Crippen LogP contribution in [0.15, 0.2) is 23.6 Å². The van der Waals surface area contributed by atoms with E-state index in [1.165, 1.54) is 24.3 Å². The van der Waals surface area contributed by atoms with Crippen molar-refractivity contribution in [2.75, 3.05) is 20.2 Å². The summed E-state index contributed by atoms with van der Waals surface area (Å²) in [6.07, 6.45) is 1.79. The quantitative estimate of drug-likeness (QED) is 0.454. The van der Waals surface area contributed by atoms with Gasteiger partial charge in [-0.15, -0.1) is 0 Å². The van der Waals surface area contributed by atoms with E-state index in [4.69, 9.17) is 14.7 Å². The Morgan fingerprint density at radius 3 is 2.85 bits per heavy atom. The third-order valence-electron chi connectivity index (χ3n) is 2.81. The number of nitrogens with zero attached hydrogens (tertiary/aromatic N) is 4. The third kappa shape index (κ3) is 6.76. The molecule has 1 rings (SSSR count). The Balaban J connectivity index is 2.83. The van der Waals surface area contributed by atoms with Gasteiger partial charge < -0.3 is 14.8 Å². The normalized spacial score (nSPS) is 11.3. The Kier molecular flexibility index (Phi) is 7.52. The summed E-state index contributed by atoms with van der Waals surface area (Å²) in [4.78, 5) is 15.4. The molecule has 0 aliphatic rings. The number of halogens is 1. The first-order valence-corrected chi connectivity index (χ1v) is 7.74. The lowest BCUT2D eigenvalue weighted by molar-refractivity contribution is 0.0520. The van der Waals surface area contributed by atoms with Crippen LogP contribution < -0.4 is 10.1 Å². The van der Waals surface area contributed by atoms with Crippen LogP contribution in [0.4, 0.5) is 9.18 Å². The first kappa shape index (κ1) is 20.9. The second kappa shape index (κ2) is 9.36. The van der Waals surface area contributed by atoms with Gasteiger partial charge >= 0.3 is 6.09 Å². The fourth-order valence-electron chi connectivity index (χ4n) is 1.76. The van der Waals surface area contributed by atoms with Crippen LogP contribution in [0.2, 0.25) is 0 Å². The lowest BCUT2D eigenvalue weighted by atomic mass is 10.2. The van der Waals surface area contributed by atoms with Gasteiger partial charge in [0.2, 0.25) is 0 Å². The van der Waals surface area contributed by atoms with Crippen molar-refractivity contribution in [1.82, 2.24) is 15.3 Å². The number of nitrogens with one attached hydrogen (secondary N) is 1. The van der Waals surface area contributed by atoms with Crippen molar-refractivity contribution in [3.8, 4) is 11.8 Å². The Labute approximate surface area is 151 Å². The van der Waals surface area contributed by atoms with Gasteiger partial charge in [0.15, 0.2) is 17.3 Å². The monoisotopic (exact) mass is 363 g/mol. The average Bonchev–Trinajstić information content (AvgIpc) is 2.56. The van der Waals surface area contributed by atoms with E-state index >= 15 is 0 Å². The highest BCUT2D eigenvalue weighted by atomic mass is 19.1. The molecule has 0 aliphatic carbocycles. The molecule has 0 fully saturated rings. The molecular weight excluding hydrogens is 341 g/mol. The number of nitriles is 1. The predicted octanol–water partition coefficient (Wildman–Crippen LogP) is 2.67. The van der Waals surface area contributed by atoms with Crippen LogP contribution in [0.5, 0.6) is 5.75 Å². The van der Waals surface area contributed by atoms with Gasteiger partial charge in [0, 0.05) is 20.0 Å². The van der Waals surface area contributed by atoms with Gasteiger partial charge in [0.05, 0.1) is 18.3 Å². The number of aromatic nitrogens is 1. The highest BCUT2D eigenvalue weighted by Crippen LogP contribution is 2.29. The minimum Gasteiger partial charge on any atom is -0.488 e. The molecular formula is C17H22FN5O3. The van der Waals surface area contributed by atoms with E-state index in [1.807, 2.05) is 6.07 Å². The van der Waals surface area contributed by atoms with E-state index < -0.39 is 17.5 Å². The van der Waals surface area contributed by atoms with Crippen molar-refractivity contribution in [1.29, 1.82) is 5.26 Å². The number of hydrogen-bond acceptors (Lipinski definition) is 7. The molecule has 1 aromatic heterocycles. The number of carbonyl (C=O) groups is 1. The molecule has 0 saturated heterocycles. The Morgan fingerprint density at radius 2 is 2.27 bits per heavy atom. The van der Waals surface area contributed by atoms with E-state index in [1.54, 1.807) is 20.8 Å². The third-order valence-corrected chi connectivity index (χ3v) is 2.81. The molecule has 1 heterocycles. The molecule has 0 radical (unpaired) electrons. The summed E-state index contributed by atoms with van der Waals surface area (Å²) in [5.74, 6) is -0.693. The summed E-state index contributed by atoms with van der Waals surface area (Å²) < 4.78 is 25.0. The Bertz CT molecular complexity index is 722. The first-order valence-electron chi connectivity index (χ1n) is 7.74. The summed E-state index contributed by atoms with van der Waals surface area (Å²) in [6.45, 7) is 8.62. The molecule has 0 spiro atoms. The zero-order chi connectivity index (χ0) is 19.7. The highest BCUT2D eigenvalue weighted by molar-refractivity contribution is 5.68. The smallest absolute Gasteiger partial charge is 0.407 e. The van der Waals surface area contributed by atoms with Crippen molar-refractivity contribution in [3.05, 3.63) is 29.7 Å². The van der Waals surface area contributed by atoms with Crippen LogP contribution in [-0.2, 0) is 4.74 Å². The zero-order valence-electron chi connectivity index (χ0n) is 15.2. The largest absolute Gasteiger partial charge is 0.488 e. The number of hydrazone groups is 1. The Morgan fingerprint density at radius 1 is 1.58 bits per heavy atom. The number of hydrogen-bond donors (Lipinski definition) is 1. The maximum Gasteiger partial charge on any atom is 0.407 e. The second-order valence-corrected chi connectivity index (χ2v) is 6.12. The number of carbonyl (C=O) groups excluding carboxylic acids is 1. The molecule has 0 aliphatic heterocycles. The molecule has 1 aromatic rings. The molecule has 0 unspecified atom stereocenters. The van der Waals surface area contributed by atoms with Crippen LogP contribution in [0, 0.1) is 11.3 Å². The van der Waals surface area contributed by atoms with Gasteiger partial charge in [-0.1, -0.05) is 0 Å². The van der Waals surface area contributed by atoms with Gasteiger partial charge in [-0.05, 0) is 26.8 Å². The summed E-state index contributed by atoms with van der Waals surface area (Å²) in [6, 6.07) is 3.22. The van der Waals surface area contributed by atoms with Crippen molar-refractivity contribution < 1.29 is 18.7 Å².